The van der Waals surface area contributed by atoms with Crippen LogP contribution in [0.1, 0.15) is 42.6 Å². The minimum absolute atomic E-state index is 0.133. The highest BCUT2D eigenvalue weighted by Crippen LogP contribution is 2.27. The molecule has 0 radical (unpaired) electrons. The summed E-state index contributed by atoms with van der Waals surface area (Å²) in [5, 5.41) is 11.9. The van der Waals surface area contributed by atoms with Crippen molar-refractivity contribution in [2.24, 2.45) is 0 Å². The second-order valence-electron chi connectivity index (χ2n) is 4.14. The maximum absolute atomic E-state index is 4.38. The van der Waals surface area contributed by atoms with Gasteiger partial charge in [0.05, 0.1) is 22.3 Å². The van der Waals surface area contributed by atoms with Crippen LogP contribution in [0.15, 0.2) is 12.3 Å². The van der Waals surface area contributed by atoms with Gasteiger partial charge in [0.25, 0.3) is 0 Å². The normalized spacial score (nSPS) is 12.8. The van der Waals surface area contributed by atoms with E-state index in [4.69, 9.17) is 0 Å². The van der Waals surface area contributed by atoms with Crippen molar-refractivity contribution in [3.05, 3.63) is 28.5 Å². The van der Waals surface area contributed by atoms with E-state index in [9.17, 15) is 0 Å². The summed E-state index contributed by atoms with van der Waals surface area (Å²) >= 11 is 1.47. The maximum Gasteiger partial charge on any atom is 0.0874 e. The third-order valence-electron chi connectivity index (χ3n) is 2.95. The molecule has 2 heterocycles. The van der Waals surface area contributed by atoms with E-state index in [0.717, 1.165) is 25.1 Å². The summed E-state index contributed by atoms with van der Waals surface area (Å²) in [5.74, 6) is 0. The van der Waals surface area contributed by atoms with Gasteiger partial charge in [0, 0.05) is 12.7 Å². The average Bonchev–Trinajstić information content (AvgIpc) is 3.01. The molecule has 2 aromatic heterocycles. The van der Waals surface area contributed by atoms with E-state index >= 15 is 0 Å². The summed E-state index contributed by atoms with van der Waals surface area (Å²) in [6.07, 6.45) is 3.84. The van der Waals surface area contributed by atoms with Gasteiger partial charge in [-0.3, -0.25) is 4.68 Å². The zero-order chi connectivity index (χ0) is 13.0. The Hall–Kier alpha value is -1.27. The highest BCUT2D eigenvalue weighted by atomic mass is 32.1. The molecule has 0 aliphatic rings. The Morgan fingerprint density at radius 3 is 2.94 bits per heavy atom. The lowest BCUT2D eigenvalue weighted by atomic mass is 10.1. The number of rotatable bonds is 6. The van der Waals surface area contributed by atoms with Crippen molar-refractivity contribution in [2.75, 3.05) is 7.05 Å². The first kappa shape index (κ1) is 13.2. The first-order valence-electron chi connectivity index (χ1n) is 6.31. The molecule has 0 saturated carbocycles. The monoisotopic (exact) mass is 265 g/mol. The van der Waals surface area contributed by atoms with Crippen LogP contribution in [0.4, 0.5) is 0 Å². The summed E-state index contributed by atoms with van der Waals surface area (Å²) in [6, 6.07) is 2.20. The van der Waals surface area contributed by atoms with Crippen molar-refractivity contribution < 1.29 is 0 Å². The molecule has 0 aromatic carbocycles. The second-order valence-corrected chi connectivity index (χ2v) is 4.92. The molecule has 5 nitrogen and oxygen atoms in total. The topological polar surface area (TPSA) is 55.6 Å². The summed E-state index contributed by atoms with van der Waals surface area (Å²) in [7, 11) is 1.97. The number of aryl methyl sites for hydroxylation is 2. The van der Waals surface area contributed by atoms with Crippen LogP contribution >= 0.6 is 11.5 Å². The van der Waals surface area contributed by atoms with Crippen molar-refractivity contribution in [3.63, 3.8) is 0 Å². The summed E-state index contributed by atoms with van der Waals surface area (Å²) in [6.45, 7) is 5.20. The zero-order valence-corrected chi connectivity index (χ0v) is 11.9. The molecule has 6 heteroatoms. The summed E-state index contributed by atoms with van der Waals surface area (Å²) in [4.78, 5) is 1.19. The van der Waals surface area contributed by atoms with Crippen LogP contribution < -0.4 is 5.32 Å². The Morgan fingerprint density at radius 1 is 1.44 bits per heavy atom. The van der Waals surface area contributed by atoms with E-state index in [1.54, 1.807) is 0 Å². The molecule has 2 aromatic rings. The molecule has 0 fully saturated rings. The molecule has 0 aliphatic carbocycles. The number of hydrogen-bond donors (Lipinski definition) is 1. The molecule has 1 N–H and O–H groups in total. The largest absolute Gasteiger partial charge is 0.307 e. The number of nitrogens with zero attached hydrogens (tertiary/aromatic N) is 4. The van der Waals surface area contributed by atoms with Crippen LogP contribution in [0.5, 0.6) is 0 Å². The first-order valence-corrected chi connectivity index (χ1v) is 7.09. The minimum Gasteiger partial charge on any atom is -0.307 e. The first-order chi connectivity index (χ1) is 8.81. The average molecular weight is 265 g/mol. The Morgan fingerprint density at radius 2 is 2.28 bits per heavy atom. The van der Waals surface area contributed by atoms with E-state index in [1.807, 2.05) is 13.2 Å². The predicted molar refractivity (Wildman–Crippen MR) is 72.7 cm³/mol. The Kier molecular flexibility index (Phi) is 4.43. The molecule has 0 saturated heterocycles. The van der Waals surface area contributed by atoms with Crippen molar-refractivity contribution in [1.82, 2.24) is 24.7 Å². The predicted octanol–water partition coefficient (Wildman–Crippen LogP) is 2.02. The fourth-order valence-electron chi connectivity index (χ4n) is 2.08. The molecule has 2 rings (SSSR count). The fraction of sp³-hybridized carbons (Fsp3) is 0.583. The molecule has 98 valence electrons. The Bertz CT molecular complexity index is 490. The van der Waals surface area contributed by atoms with E-state index in [2.05, 4.69) is 44.6 Å². The summed E-state index contributed by atoms with van der Waals surface area (Å²) in [5.41, 5.74) is 2.25. The third-order valence-corrected chi connectivity index (χ3v) is 3.78. The molecule has 0 aliphatic heterocycles. The highest BCUT2D eigenvalue weighted by molar-refractivity contribution is 7.05. The van der Waals surface area contributed by atoms with Crippen LogP contribution in [-0.4, -0.2) is 26.4 Å². The van der Waals surface area contributed by atoms with Crippen molar-refractivity contribution in [3.8, 4) is 0 Å². The van der Waals surface area contributed by atoms with Gasteiger partial charge in [-0.2, -0.15) is 5.10 Å². The smallest absolute Gasteiger partial charge is 0.0874 e. The van der Waals surface area contributed by atoms with Gasteiger partial charge in [0.15, 0.2) is 0 Å². The zero-order valence-electron chi connectivity index (χ0n) is 11.1. The lowest BCUT2D eigenvalue weighted by Crippen LogP contribution is -2.21. The summed E-state index contributed by atoms with van der Waals surface area (Å²) < 4.78 is 6.13. The van der Waals surface area contributed by atoms with E-state index in [0.29, 0.717) is 0 Å². The van der Waals surface area contributed by atoms with Crippen LogP contribution in [-0.2, 0) is 13.0 Å². The van der Waals surface area contributed by atoms with Crippen LogP contribution in [0.3, 0.4) is 0 Å². The van der Waals surface area contributed by atoms with Crippen LogP contribution in [0.2, 0.25) is 0 Å². The molecule has 1 unspecified atom stereocenters. The standard InChI is InChI=1S/C12H19N5S/c1-4-8-17-10(6-7-14-17)11(13-3)12-9(5-2)15-16-18-12/h6-7,11,13H,4-5,8H2,1-3H3. The van der Waals surface area contributed by atoms with Gasteiger partial charge < -0.3 is 5.32 Å². The SMILES string of the molecule is CCCn1nccc1C(NC)c1snnc1CC. The van der Waals surface area contributed by atoms with Gasteiger partial charge in [-0.25, -0.2) is 0 Å². The van der Waals surface area contributed by atoms with E-state index in [1.165, 1.54) is 22.1 Å². The second kappa shape index (κ2) is 6.06. The van der Waals surface area contributed by atoms with Gasteiger partial charge in [-0.05, 0) is 37.5 Å². The van der Waals surface area contributed by atoms with Gasteiger partial charge >= 0.3 is 0 Å². The maximum atomic E-state index is 4.38. The molecule has 0 spiro atoms. The van der Waals surface area contributed by atoms with Crippen LogP contribution in [0, 0.1) is 0 Å². The third kappa shape index (κ3) is 2.44. The van der Waals surface area contributed by atoms with Gasteiger partial charge in [-0.1, -0.05) is 18.3 Å². The van der Waals surface area contributed by atoms with Gasteiger partial charge in [-0.15, -0.1) is 5.10 Å². The molecular weight excluding hydrogens is 246 g/mol. The van der Waals surface area contributed by atoms with E-state index < -0.39 is 0 Å². The van der Waals surface area contributed by atoms with Crippen molar-refractivity contribution in [1.29, 1.82) is 0 Å². The molecule has 1 atom stereocenters. The van der Waals surface area contributed by atoms with Crippen molar-refractivity contribution in [2.45, 2.75) is 39.3 Å². The quantitative estimate of drug-likeness (QED) is 0.868. The Labute approximate surface area is 111 Å². The molecule has 0 amide bonds. The highest BCUT2D eigenvalue weighted by Gasteiger charge is 2.21. The molecule has 0 bridgehead atoms. The van der Waals surface area contributed by atoms with E-state index in [-0.39, 0.29) is 6.04 Å². The lowest BCUT2D eigenvalue weighted by Gasteiger charge is -2.16. The molecule has 18 heavy (non-hydrogen) atoms. The lowest BCUT2D eigenvalue weighted by molar-refractivity contribution is 0.536. The van der Waals surface area contributed by atoms with Gasteiger partial charge in [0.2, 0.25) is 0 Å². The van der Waals surface area contributed by atoms with Gasteiger partial charge in [0.1, 0.15) is 0 Å². The molecular formula is C12H19N5S. The number of aromatic nitrogens is 4. The van der Waals surface area contributed by atoms with Crippen LogP contribution in [0.25, 0.3) is 0 Å². The number of hydrogen-bond acceptors (Lipinski definition) is 5. The van der Waals surface area contributed by atoms with Crippen molar-refractivity contribution >= 4 is 11.5 Å². The minimum atomic E-state index is 0.133. The Balaban J connectivity index is 2.36. The number of nitrogens with one attached hydrogen (secondary N) is 1. The fourth-order valence-corrected chi connectivity index (χ4v) is 2.94.